The topological polar surface area (TPSA) is 13.6 Å². The van der Waals surface area contributed by atoms with Gasteiger partial charge in [0.1, 0.15) is 18.2 Å². The van der Waals surface area contributed by atoms with Crippen molar-refractivity contribution in [3.8, 4) is 5.75 Å². The van der Waals surface area contributed by atoms with E-state index in [1.54, 1.807) is 18.2 Å². The van der Waals surface area contributed by atoms with Crippen LogP contribution >= 0.6 is 0 Å². The Labute approximate surface area is 75.1 Å². The van der Waals surface area contributed by atoms with Crippen molar-refractivity contribution >= 4 is 11.8 Å². The van der Waals surface area contributed by atoms with Gasteiger partial charge < -0.3 is 4.74 Å². The van der Waals surface area contributed by atoms with E-state index in [4.69, 9.17) is 11.3 Å². The standard InChI is InChI=1S/C10H6FNO/c1-12-10-7-3-2-6-13-9(7)5-4-8(10)11/h2-5H,6H2. The van der Waals surface area contributed by atoms with Crippen molar-refractivity contribution in [1.82, 2.24) is 0 Å². The highest BCUT2D eigenvalue weighted by Gasteiger charge is 2.14. The lowest BCUT2D eigenvalue weighted by Gasteiger charge is -2.13. The van der Waals surface area contributed by atoms with E-state index in [0.29, 0.717) is 17.9 Å². The van der Waals surface area contributed by atoms with Gasteiger partial charge in [-0.25, -0.2) is 9.24 Å². The molecule has 2 nitrogen and oxygen atoms in total. The maximum atomic E-state index is 13.1. The highest BCUT2D eigenvalue weighted by molar-refractivity contribution is 5.74. The molecule has 64 valence electrons. The highest BCUT2D eigenvalue weighted by atomic mass is 19.1. The first kappa shape index (κ1) is 7.81. The zero-order valence-corrected chi connectivity index (χ0v) is 6.75. The lowest BCUT2D eigenvalue weighted by molar-refractivity contribution is 0.358. The Morgan fingerprint density at radius 2 is 2.31 bits per heavy atom. The van der Waals surface area contributed by atoms with E-state index in [0.717, 1.165) is 0 Å². The Balaban J connectivity index is 2.70. The molecule has 0 saturated heterocycles. The van der Waals surface area contributed by atoms with Crippen LogP contribution in [0.1, 0.15) is 5.56 Å². The summed E-state index contributed by atoms with van der Waals surface area (Å²) < 4.78 is 18.3. The molecule has 0 spiro atoms. The number of fused-ring (bicyclic) bond motifs is 1. The summed E-state index contributed by atoms with van der Waals surface area (Å²) >= 11 is 0. The molecule has 0 aliphatic carbocycles. The van der Waals surface area contributed by atoms with Gasteiger partial charge in [0.05, 0.1) is 6.57 Å². The summed E-state index contributed by atoms with van der Waals surface area (Å²) in [6, 6.07) is 2.80. The lowest BCUT2D eigenvalue weighted by Crippen LogP contribution is -2.00. The summed E-state index contributed by atoms with van der Waals surface area (Å²) in [6.45, 7) is 7.30. The molecule has 0 radical (unpaired) electrons. The zero-order chi connectivity index (χ0) is 9.26. The van der Waals surface area contributed by atoms with Gasteiger partial charge in [-0.2, -0.15) is 0 Å². The van der Waals surface area contributed by atoms with Gasteiger partial charge in [-0.15, -0.1) is 0 Å². The van der Waals surface area contributed by atoms with E-state index in [-0.39, 0.29) is 5.69 Å². The number of halogens is 1. The Hall–Kier alpha value is -1.82. The summed E-state index contributed by atoms with van der Waals surface area (Å²) in [5, 5.41) is 0. The molecule has 0 unspecified atom stereocenters. The van der Waals surface area contributed by atoms with E-state index >= 15 is 0 Å². The van der Waals surface area contributed by atoms with Crippen LogP contribution in [0.2, 0.25) is 0 Å². The molecule has 0 amide bonds. The van der Waals surface area contributed by atoms with Gasteiger partial charge in [0.25, 0.3) is 0 Å². The molecule has 1 aliphatic rings. The second-order valence-electron chi connectivity index (χ2n) is 2.63. The monoisotopic (exact) mass is 175 g/mol. The van der Waals surface area contributed by atoms with Crippen LogP contribution in [-0.4, -0.2) is 6.61 Å². The van der Waals surface area contributed by atoms with Gasteiger partial charge in [-0.1, -0.05) is 6.08 Å². The molecule has 0 saturated carbocycles. The van der Waals surface area contributed by atoms with Crippen LogP contribution in [0.3, 0.4) is 0 Å². The Morgan fingerprint density at radius 3 is 3.08 bits per heavy atom. The van der Waals surface area contributed by atoms with E-state index in [2.05, 4.69) is 4.85 Å². The number of nitrogens with zero attached hydrogens (tertiary/aromatic N) is 1. The molecule has 1 aromatic carbocycles. The third-order valence-corrected chi connectivity index (χ3v) is 1.86. The molecular weight excluding hydrogens is 169 g/mol. The molecule has 1 heterocycles. The second kappa shape index (κ2) is 2.91. The number of rotatable bonds is 0. The van der Waals surface area contributed by atoms with Gasteiger partial charge >= 0.3 is 0 Å². The molecule has 2 rings (SSSR count). The molecule has 0 atom stereocenters. The molecule has 0 aromatic heterocycles. The third kappa shape index (κ3) is 1.17. The molecule has 3 heteroatoms. The molecule has 0 N–H and O–H groups in total. The normalized spacial score (nSPS) is 12.9. The summed E-state index contributed by atoms with van der Waals surface area (Å²) in [5.41, 5.74) is 0.578. The minimum atomic E-state index is -0.496. The summed E-state index contributed by atoms with van der Waals surface area (Å²) in [7, 11) is 0. The smallest absolute Gasteiger partial charge is 0.232 e. The van der Waals surface area contributed by atoms with E-state index in [1.807, 2.05) is 0 Å². The molecule has 1 aliphatic heterocycles. The van der Waals surface area contributed by atoms with Crippen molar-refractivity contribution < 1.29 is 9.13 Å². The van der Waals surface area contributed by atoms with Crippen molar-refractivity contribution in [2.45, 2.75) is 0 Å². The van der Waals surface area contributed by atoms with E-state index in [1.165, 1.54) is 6.07 Å². The molecule has 1 aromatic rings. The van der Waals surface area contributed by atoms with Crippen molar-refractivity contribution in [3.05, 3.63) is 41.0 Å². The Kier molecular flexibility index (Phi) is 1.75. The molecule has 0 fully saturated rings. The Bertz CT molecular complexity index is 418. The largest absolute Gasteiger partial charge is 0.490 e. The second-order valence-corrected chi connectivity index (χ2v) is 2.63. The minimum absolute atomic E-state index is 0.0356. The zero-order valence-electron chi connectivity index (χ0n) is 6.75. The van der Waals surface area contributed by atoms with Crippen molar-refractivity contribution in [1.29, 1.82) is 0 Å². The number of hydrogen-bond donors (Lipinski definition) is 0. The highest BCUT2D eigenvalue weighted by Crippen LogP contribution is 2.34. The van der Waals surface area contributed by atoms with Crippen LogP contribution in [0.25, 0.3) is 10.9 Å². The van der Waals surface area contributed by atoms with Crippen LogP contribution in [0.15, 0.2) is 18.2 Å². The van der Waals surface area contributed by atoms with Crippen molar-refractivity contribution in [2.24, 2.45) is 0 Å². The quantitative estimate of drug-likeness (QED) is 0.553. The summed E-state index contributed by atoms with van der Waals surface area (Å²) in [4.78, 5) is 3.13. The average molecular weight is 175 g/mol. The summed E-state index contributed by atoms with van der Waals surface area (Å²) in [5.74, 6) is 0.0822. The molecular formula is C10H6FNO. The minimum Gasteiger partial charge on any atom is -0.490 e. The van der Waals surface area contributed by atoms with Crippen LogP contribution < -0.4 is 4.74 Å². The molecule has 0 bridgehead atoms. The number of hydrogen-bond acceptors (Lipinski definition) is 1. The van der Waals surface area contributed by atoms with Gasteiger partial charge in [-0.3, -0.25) is 0 Å². The lowest BCUT2D eigenvalue weighted by atomic mass is 10.1. The van der Waals surface area contributed by atoms with Crippen LogP contribution in [0, 0.1) is 12.4 Å². The fourth-order valence-corrected chi connectivity index (χ4v) is 1.27. The van der Waals surface area contributed by atoms with Crippen molar-refractivity contribution in [3.63, 3.8) is 0 Å². The van der Waals surface area contributed by atoms with Crippen LogP contribution in [0.5, 0.6) is 5.75 Å². The SMILES string of the molecule is [C-]#[N+]c1c(F)ccc2c1C=CCO2. The Morgan fingerprint density at radius 1 is 1.46 bits per heavy atom. The van der Waals surface area contributed by atoms with Gasteiger partial charge in [0.2, 0.25) is 5.69 Å². The predicted octanol–water partition coefficient (Wildman–Crippen LogP) is 2.78. The van der Waals surface area contributed by atoms with E-state index in [9.17, 15) is 4.39 Å². The maximum absolute atomic E-state index is 13.1. The maximum Gasteiger partial charge on any atom is 0.232 e. The average Bonchev–Trinajstić information content (AvgIpc) is 2.18. The third-order valence-electron chi connectivity index (χ3n) is 1.86. The van der Waals surface area contributed by atoms with Gasteiger partial charge in [0, 0.05) is 5.56 Å². The van der Waals surface area contributed by atoms with Crippen molar-refractivity contribution in [2.75, 3.05) is 6.61 Å². The summed E-state index contributed by atoms with van der Waals surface area (Å²) in [6.07, 6.45) is 3.48. The fourth-order valence-electron chi connectivity index (χ4n) is 1.27. The van der Waals surface area contributed by atoms with Crippen LogP contribution in [-0.2, 0) is 0 Å². The predicted molar refractivity (Wildman–Crippen MR) is 47.2 cm³/mol. The first-order valence-electron chi connectivity index (χ1n) is 3.82. The van der Waals surface area contributed by atoms with E-state index < -0.39 is 5.82 Å². The number of ether oxygens (including phenoxy) is 1. The number of benzene rings is 1. The van der Waals surface area contributed by atoms with Gasteiger partial charge in [-0.05, 0) is 18.2 Å². The fraction of sp³-hybridized carbons (Fsp3) is 0.100. The molecule has 13 heavy (non-hydrogen) atoms. The first-order chi connectivity index (χ1) is 6.33. The first-order valence-corrected chi connectivity index (χ1v) is 3.82. The van der Waals surface area contributed by atoms with Gasteiger partial charge in [0.15, 0.2) is 0 Å². The van der Waals surface area contributed by atoms with Crippen LogP contribution in [0.4, 0.5) is 10.1 Å².